The van der Waals surface area contributed by atoms with Crippen molar-refractivity contribution >= 4 is 57.8 Å². The fraction of sp³-hybridized carbons (Fsp3) is 0.0714. The van der Waals surface area contributed by atoms with Crippen LogP contribution in [0.25, 0.3) is 0 Å². The molecule has 8 heteroatoms. The third-order valence-electron chi connectivity index (χ3n) is 2.54. The molecule has 1 aromatic carbocycles. The van der Waals surface area contributed by atoms with Gasteiger partial charge in [0, 0.05) is 10.7 Å². The maximum Gasteiger partial charge on any atom is 0.329 e. The monoisotopic (exact) mass is 355 g/mol. The third kappa shape index (κ3) is 4.56. The topological polar surface area (TPSA) is 70.6 Å². The number of nitrogens with zero attached hydrogens (tertiary/aromatic N) is 1. The van der Waals surface area contributed by atoms with E-state index in [9.17, 15) is 9.59 Å². The molecule has 0 saturated heterocycles. The van der Waals surface area contributed by atoms with Crippen LogP contribution in [0, 0.1) is 0 Å². The molecule has 0 atom stereocenters. The first-order valence-corrected chi connectivity index (χ1v) is 7.70. The van der Waals surface area contributed by atoms with Gasteiger partial charge in [-0.3, -0.25) is 9.59 Å². The Hall–Kier alpha value is -1.89. The second kappa shape index (κ2) is 7.40. The van der Waals surface area contributed by atoms with Crippen LogP contribution in [-0.4, -0.2) is 17.5 Å². The Kier molecular flexibility index (Phi) is 5.54. The zero-order chi connectivity index (χ0) is 16.1. The number of benzene rings is 1. The van der Waals surface area contributed by atoms with E-state index >= 15 is 0 Å². The van der Waals surface area contributed by atoms with Crippen molar-refractivity contribution in [3.05, 3.63) is 50.6 Å². The number of hydrogen-bond acceptors (Lipinski definition) is 4. The molecule has 2 aromatic rings. The minimum absolute atomic E-state index is 0.429. The molecule has 0 bridgehead atoms. The van der Waals surface area contributed by atoms with E-state index in [4.69, 9.17) is 23.2 Å². The van der Waals surface area contributed by atoms with Gasteiger partial charge in [-0.2, -0.15) is 5.10 Å². The van der Waals surface area contributed by atoms with E-state index in [1.54, 1.807) is 37.3 Å². The van der Waals surface area contributed by atoms with E-state index in [2.05, 4.69) is 15.8 Å². The summed E-state index contributed by atoms with van der Waals surface area (Å²) in [6.07, 6.45) is 0. The highest BCUT2D eigenvalue weighted by Crippen LogP contribution is 2.21. The van der Waals surface area contributed by atoms with Crippen molar-refractivity contribution in [3.8, 4) is 0 Å². The maximum absolute atomic E-state index is 11.7. The van der Waals surface area contributed by atoms with Crippen LogP contribution in [0.2, 0.25) is 9.36 Å². The summed E-state index contributed by atoms with van der Waals surface area (Å²) in [4.78, 5) is 24.2. The van der Waals surface area contributed by atoms with Crippen molar-refractivity contribution in [3.63, 3.8) is 0 Å². The van der Waals surface area contributed by atoms with Gasteiger partial charge in [-0.15, -0.1) is 11.3 Å². The molecule has 0 radical (unpaired) electrons. The highest BCUT2D eigenvalue weighted by atomic mass is 35.5. The quantitative estimate of drug-likeness (QED) is 0.502. The molecule has 22 heavy (non-hydrogen) atoms. The first-order valence-electron chi connectivity index (χ1n) is 6.12. The van der Waals surface area contributed by atoms with Gasteiger partial charge in [0.25, 0.3) is 0 Å². The molecule has 2 amide bonds. The first-order chi connectivity index (χ1) is 10.5. The lowest BCUT2D eigenvalue weighted by molar-refractivity contribution is -0.136. The number of thiophene rings is 1. The molecule has 2 N–H and O–H groups in total. The first kappa shape index (κ1) is 16.5. The number of carbonyl (C=O) groups is 2. The van der Waals surface area contributed by atoms with Gasteiger partial charge in [-0.1, -0.05) is 29.3 Å². The predicted octanol–water partition coefficient (Wildman–Crippen LogP) is 3.53. The van der Waals surface area contributed by atoms with Crippen molar-refractivity contribution in [2.24, 2.45) is 5.10 Å². The summed E-state index contributed by atoms with van der Waals surface area (Å²) in [5.74, 6) is -1.70. The molecule has 114 valence electrons. The van der Waals surface area contributed by atoms with Crippen molar-refractivity contribution in [1.82, 2.24) is 5.43 Å². The van der Waals surface area contributed by atoms with Crippen molar-refractivity contribution in [2.45, 2.75) is 6.92 Å². The fourth-order valence-corrected chi connectivity index (χ4v) is 2.68. The lowest BCUT2D eigenvalue weighted by atomic mass is 10.3. The van der Waals surface area contributed by atoms with Crippen LogP contribution in [0.15, 0.2) is 41.5 Å². The van der Waals surface area contributed by atoms with Gasteiger partial charge in [-0.25, -0.2) is 5.43 Å². The van der Waals surface area contributed by atoms with E-state index < -0.39 is 11.8 Å². The van der Waals surface area contributed by atoms with Crippen molar-refractivity contribution < 1.29 is 9.59 Å². The number of nitrogens with one attached hydrogen (secondary N) is 2. The fourth-order valence-electron chi connectivity index (χ4n) is 1.50. The largest absolute Gasteiger partial charge is 0.329 e. The maximum atomic E-state index is 11.7. The highest BCUT2D eigenvalue weighted by molar-refractivity contribution is 7.18. The van der Waals surface area contributed by atoms with Gasteiger partial charge in [0.15, 0.2) is 0 Å². The van der Waals surface area contributed by atoms with E-state index in [1.165, 1.54) is 17.4 Å². The SMILES string of the molecule is C/C(=N\NC(=O)C(=O)Nc1cccc(Cl)c1)c1ccc(Cl)s1. The van der Waals surface area contributed by atoms with Gasteiger partial charge < -0.3 is 5.32 Å². The second-order valence-corrected chi connectivity index (χ2v) is 6.36. The summed E-state index contributed by atoms with van der Waals surface area (Å²) < 4.78 is 0.620. The van der Waals surface area contributed by atoms with E-state index in [0.29, 0.717) is 20.8 Å². The zero-order valence-corrected chi connectivity index (χ0v) is 13.7. The number of amides is 2. The van der Waals surface area contributed by atoms with E-state index in [1.807, 2.05) is 0 Å². The average Bonchev–Trinajstić information content (AvgIpc) is 2.91. The minimum Gasteiger partial charge on any atom is -0.318 e. The summed E-state index contributed by atoms with van der Waals surface area (Å²) in [5, 5.41) is 6.76. The van der Waals surface area contributed by atoms with Crippen LogP contribution in [0.5, 0.6) is 0 Å². The zero-order valence-electron chi connectivity index (χ0n) is 11.4. The number of halogens is 2. The number of hydrogen-bond donors (Lipinski definition) is 2. The van der Waals surface area contributed by atoms with Gasteiger partial charge in [0.2, 0.25) is 0 Å². The van der Waals surface area contributed by atoms with E-state index in [0.717, 1.165) is 4.88 Å². The number of rotatable bonds is 3. The number of carbonyl (C=O) groups excluding carboxylic acids is 2. The lowest BCUT2D eigenvalue weighted by Crippen LogP contribution is -2.32. The van der Waals surface area contributed by atoms with Crippen LogP contribution in [-0.2, 0) is 9.59 Å². The molecule has 5 nitrogen and oxygen atoms in total. The molecule has 0 saturated carbocycles. The molecule has 1 aromatic heterocycles. The number of hydrazone groups is 1. The van der Waals surface area contributed by atoms with Crippen LogP contribution >= 0.6 is 34.5 Å². The van der Waals surface area contributed by atoms with Crippen LogP contribution in [0.3, 0.4) is 0 Å². The number of anilines is 1. The van der Waals surface area contributed by atoms with Gasteiger partial charge in [0.05, 0.1) is 14.9 Å². The summed E-state index contributed by atoms with van der Waals surface area (Å²) in [6, 6.07) is 10.0. The van der Waals surface area contributed by atoms with Gasteiger partial charge in [0.1, 0.15) is 0 Å². The van der Waals surface area contributed by atoms with Crippen LogP contribution in [0.4, 0.5) is 5.69 Å². The van der Waals surface area contributed by atoms with Crippen molar-refractivity contribution in [1.29, 1.82) is 0 Å². The molecule has 0 aliphatic heterocycles. The molecule has 0 aliphatic carbocycles. The Balaban J connectivity index is 1.95. The standard InChI is InChI=1S/C14H11Cl2N3O2S/c1-8(11-5-6-12(16)22-11)18-19-14(21)13(20)17-10-4-2-3-9(15)7-10/h2-7H,1H3,(H,17,20)(H,19,21)/b18-8+. The molecule has 0 unspecified atom stereocenters. The molecule has 0 fully saturated rings. The smallest absolute Gasteiger partial charge is 0.318 e. The summed E-state index contributed by atoms with van der Waals surface area (Å²) in [6.45, 7) is 1.71. The van der Waals surface area contributed by atoms with Crippen molar-refractivity contribution in [2.75, 3.05) is 5.32 Å². The van der Waals surface area contributed by atoms with Crippen LogP contribution in [0.1, 0.15) is 11.8 Å². The summed E-state index contributed by atoms with van der Waals surface area (Å²) >= 11 is 12.9. The third-order valence-corrected chi connectivity index (χ3v) is 4.12. The Morgan fingerprint density at radius 1 is 1.14 bits per heavy atom. The summed E-state index contributed by atoms with van der Waals surface area (Å²) in [5.41, 5.74) is 3.18. The Morgan fingerprint density at radius 2 is 1.91 bits per heavy atom. The second-order valence-electron chi connectivity index (χ2n) is 4.21. The Morgan fingerprint density at radius 3 is 2.55 bits per heavy atom. The molecular formula is C14H11Cl2N3O2S. The van der Waals surface area contributed by atoms with Gasteiger partial charge >= 0.3 is 11.8 Å². The lowest BCUT2D eigenvalue weighted by Gasteiger charge is -2.04. The highest BCUT2D eigenvalue weighted by Gasteiger charge is 2.13. The van der Waals surface area contributed by atoms with Gasteiger partial charge in [-0.05, 0) is 37.3 Å². The Bertz CT molecular complexity index is 743. The normalized spacial score (nSPS) is 11.1. The van der Waals surface area contributed by atoms with E-state index in [-0.39, 0.29) is 0 Å². The Labute approximate surface area is 140 Å². The molecule has 0 aliphatic rings. The van der Waals surface area contributed by atoms with Crippen LogP contribution < -0.4 is 10.7 Å². The predicted molar refractivity (Wildman–Crippen MR) is 89.8 cm³/mol. The average molecular weight is 356 g/mol. The molecule has 1 heterocycles. The molecular weight excluding hydrogens is 345 g/mol. The summed E-state index contributed by atoms with van der Waals surface area (Å²) in [7, 11) is 0. The molecule has 0 spiro atoms. The molecule has 2 rings (SSSR count). The minimum atomic E-state index is -0.873.